The first-order chi connectivity index (χ1) is 19.4. The molecule has 0 aliphatic carbocycles. The van der Waals surface area contributed by atoms with Crippen LogP contribution >= 0.6 is 0 Å². The van der Waals surface area contributed by atoms with Gasteiger partial charge in [-0.15, -0.1) is 0 Å². The highest BCUT2D eigenvalue weighted by Gasteiger charge is 2.45. The standard InChI is InChI=1S/C12H28O4Si.C5H20O3Si4.4C2H6.CH6OSi.CH4/c1-5-9-13-17(14-10-6-2,15-11-7-3)16-12-8-4;1-5-12(6-9-2,7-10-3)8-11-4;4*1-2;1-3-2;/h5-12H2,1-4H3;5,9-11H2,1-4H3;4*1-2H3;2H,3H2,1H3;1H4. The summed E-state index contributed by atoms with van der Waals surface area (Å²) in [5.41, 5.74) is 0. The largest absolute Gasteiger partial charge is 0.679 e. The van der Waals surface area contributed by atoms with Gasteiger partial charge in [0, 0.05) is 32.5 Å². The first-order valence-electron chi connectivity index (χ1n) is 16.5. The molecule has 0 aromatic heterocycles. The Balaban J connectivity index is -0.0000000661. The fourth-order valence-electron chi connectivity index (χ4n) is 2.25. The smallest absolute Gasteiger partial charge is 0.438 e. The zero-order valence-electron chi connectivity index (χ0n) is 30.5. The highest BCUT2D eigenvalue weighted by molar-refractivity contribution is 6.73. The average Bonchev–Trinajstić information content (AvgIpc) is 3.01. The summed E-state index contributed by atoms with van der Waals surface area (Å²) in [7, 11) is -6.70. The Morgan fingerprint density at radius 2 is 0.683 bits per heavy atom. The van der Waals surface area contributed by atoms with Crippen molar-refractivity contribution in [1.29, 1.82) is 0 Å². The monoisotopic (exact) mass is 702 g/mol. The molecule has 0 aliphatic heterocycles. The Labute approximate surface area is 272 Å². The summed E-state index contributed by atoms with van der Waals surface area (Å²) in [6, 6.07) is 0.954. The van der Waals surface area contributed by atoms with Crippen LogP contribution in [-0.2, 0) is 30.0 Å². The lowest BCUT2D eigenvalue weighted by Crippen LogP contribution is -2.50. The summed E-state index contributed by atoms with van der Waals surface area (Å²) >= 11 is 0. The third-order valence-corrected chi connectivity index (χ3v) is 15.3. The van der Waals surface area contributed by atoms with Gasteiger partial charge < -0.3 is 34.8 Å². The van der Waals surface area contributed by atoms with Crippen LogP contribution in [-0.4, -0.2) is 88.1 Å². The van der Waals surface area contributed by atoms with E-state index in [1.807, 2.05) is 61.9 Å². The van der Waals surface area contributed by atoms with Gasteiger partial charge in [-0.2, -0.15) is 0 Å². The van der Waals surface area contributed by atoms with Gasteiger partial charge in [-0.05, 0) is 25.7 Å². The van der Waals surface area contributed by atoms with Crippen molar-refractivity contribution in [1.82, 2.24) is 0 Å². The Morgan fingerprint density at radius 3 is 0.805 bits per heavy atom. The van der Waals surface area contributed by atoms with Gasteiger partial charge in [0.2, 0.25) is 0 Å². The van der Waals surface area contributed by atoms with Gasteiger partial charge in [0.1, 0.15) is 29.3 Å². The molecule has 14 heteroatoms. The van der Waals surface area contributed by atoms with E-state index in [0.29, 0.717) is 26.4 Å². The summed E-state index contributed by atoms with van der Waals surface area (Å²) in [5, 5.41) is 0. The van der Waals surface area contributed by atoms with Crippen molar-refractivity contribution in [3.63, 3.8) is 0 Å². The zero-order valence-corrected chi connectivity index (χ0v) is 38.2. The molecule has 0 radical (unpaired) electrons. The summed E-state index contributed by atoms with van der Waals surface area (Å²) < 4.78 is 40.3. The maximum Gasteiger partial charge on any atom is 0.679 e. The van der Waals surface area contributed by atoms with Crippen LogP contribution in [0.2, 0.25) is 32.2 Å². The Kier molecular flexibility index (Phi) is 89.7. The van der Waals surface area contributed by atoms with Crippen molar-refractivity contribution in [2.45, 2.75) is 155 Å². The normalized spacial score (nSPS) is 11.9. The molecule has 0 unspecified atom stereocenters. The van der Waals surface area contributed by atoms with E-state index in [1.54, 1.807) is 0 Å². The molecule has 41 heavy (non-hydrogen) atoms. The van der Waals surface area contributed by atoms with E-state index < -0.39 is 27.6 Å². The summed E-state index contributed by atoms with van der Waals surface area (Å²) in [4.78, 5) is 7.71. The van der Waals surface area contributed by atoms with Crippen LogP contribution in [0.1, 0.15) is 123 Å². The van der Waals surface area contributed by atoms with Crippen LogP contribution < -0.4 is 0 Å². The van der Waals surface area contributed by atoms with Crippen molar-refractivity contribution < 1.29 is 34.8 Å². The van der Waals surface area contributed by atoms with Crippen molar-refractivity contribution in [3.05, 3.63) is 0 Å². The van der Waals surface area contributed by atoms with Crippen LogP contribution in [0, 0.1) is 0 Å². The molecule has 0 aromatic carbocycles. The van der Waals surface area contributed by atoms with Crippen LogP contribution in [0.5, 0.6) is 0 Å². The minimum Gasteiger partial charge on any atom is -0.438 e. The molecule has 0 aliphatic rings. The second kappa shape index (κ2) is 60.2. The minimum absolute atomic E-state index is 0. The zero-order chi connectivity index (χ0) is 33.1. The molecule has 0 amide bonds. The molecule has 0 spiro atoms. The molecule has 1 N–H and O–H groups in total. The lowest BCUT2D eigenvalue weighted by atomic mass is 10.5. The first-order valence-corrected chi connectivity index (χ1v) is 28.1. The molecule has 0 atom stereocenters. The van der Waals surface area contributed by atoms with Crippen LogP contribution in [0.25, 0.3) is 0 Å². The molecular formula is C27H82O8Si6. The molecule has 0 saturated heterocycles. The van der Waals surface area contributed by atoms with Crippen molar-refractivity contribution in [3.8, 4) is 0 Å². The highest BCUT2D eigenvalue weighted by atomic mass is 28.5. The highest BCUT2D eigenvalue weighted by Crippen LogP contribution is 2.14. The van der Waals surface area contributed by atoms with E-state index in [0.717, 1.165) is 31.7 Å². The summed E-state index contributed by atoms with van der Waals surface area (Å²) in [6.07, 6.45) is 3.76. The molecule has 0 heterocycles. The molecule has 0 aromatic rings. The van der Waals surface area contributed by atoms with Gasteiger partial charge in [0.15, 0.2) is 9.76 Å². The van der Waals surface area contributed by atoms with Crippen molar-refractivity contribution in [2.24, 2.45) is 0 Å². The Morgan fingerprint density at radius 1 is 0.488 bits per heavy atom. The van der Waals surface area contributed by atoms with Crippen molar-refractivity contribution >= 4 is 56.9 Å². The Hall–Kier alpha value is 0.981. The van der Waals surface area contributed by atoms with E-state index in [1.165, 1.54) is 0 Å². The lowest BCUT2D eigenvalue weighted by Gasteiger charge is -2.28. The van der Waals surface area contributed by atoms with Gasteiger partial charge in [0.25, 0.3) is 0 Å². The van der Waals surface area contributed by atoms with Gasteiger partial charge in [-0.3, -0.25) is 0 Å². The molecule has 0 bridgehead atoms. The number of hydrogen-bond donors (Lipinski definition) is 1. The number of rotatable bonds is 19. The van der Waals surface area contributed by atoms with Gasteiger partial charge in [0.05, 0.1) is 0 Å². The van der Waals surface area contributed by atoms with E-state index in [4.69, 9.17) is 34.8 Å². The second-order valence-electron chi connectivity index (χ2n) is 6.55. The summed E-state index contributed by atoms with van der Waals surface area (Å²) in [6.45, 7) is 37.1. The second-order valence-corrected chi connectivity index (χ2v) is 16.6. The summed E-state index contributed by atoms with van der Waals surface area (Å²) in [5.74, 6) is 0. The van der Waals surface area contributed by atoms with Crippen molar-refractivity contribution in [2.75, 3.05) is 26.4 Å². The molecule has 0 rings (SSSR count). The van der Waals surface area contributed by atoms with Crippen LogP contribution in [0.15, 0.2) is 0 Å². The topological polar surface area (TPSA) is 84.8 Å². The van der Waals surface area contributed by atoms with Gasteiger partial charge in [-0.25, -0.2) is 0 Å². The molecule has 262 valence electrons. The lowest BCUT2D eigenvalue weighted by molar-refractivity contribution is -0.0347. The third-order valence-electron chi connectivity index (χ3n) is 3.46. The first kappa shape index (κ1) is 61.1. The predicted octanol–water partition coefficient (Wildman–Crippen LogP) is 6.37. The third kappa shape index (κ3) is 48.1. The predicted molar refractivity (Wildman–Crippen MR) is 202 cm³/mol. The SMILES string of the molecule is C.CC.CC.CC.CC.CCCO[Si](OCCC)(OCCC)OCCC.CC[Si](O[SiH2]C)(O[SiH2]C)O[SiH2]C.C[SiH2]O. The van der Waals surface area contributed by atoms with E-state index in [-0.39, 0.29) is 36.7 Å². The molecule has 8 nitrogen and oxygen atoms in total. The molecule has 0 fully saturated rings. The van der Waals surface area contributed by atoms with Gasteiger partial charge >= 0.3 is 17.9 Å². The maximum absolute atomic E-state index is 7.71. The quantitative estimate of drug-likeness (QED) is 0.156. The van der Waals surface area contributed by atoms with Crippen LogP contribution in [0.4, 0.5) is 0 Å². The average molecular weight is 703 g/mol. The minimum atomic E-state index is -2.88. The fourth-order valence-corrected chi connectivity index (χ4v) is 15.5. The van der Waals surface area contributed by atoms with Gasteiger partial charge in [-0.1, -0.05) is 124 Å². The van der Waals surface area contributed by atoms with E-state index in [9.17, 15) is 0 Å². The van der Waals surface area contributed by atoms with E-state index in [2.05, 4.69) is 54.3 Å². The maximum atomic E-state index is 7.71. The van der Waals surface area contributed by atoms with Crippen LogP contribution in [0.3, 0.4) is 0 Å². The molecule has 0 saturated carbocycles. The molecular weight excluding hydrogens is 621 g/mol. The number of hydrogen-bond acceptors (Lipinski definition) is 8. The Bertz CT molecular complexity index is 313. The van der Waals surface area contributed by atoms with E-state index >= 15 is 0 Å². The fraction of sp³-hybridized carbons (Fsp3) is 1.00.